The Kier molecular flexibility index (Phi) is 6.09. The molecule has 218 valence electrons. The summed E-state index contributed by atoms with van der Waals surface area (Å²) in [7, 11) is 0. The van der Waals surface area contributed by atoms with E-state index >= 15 is 0 Å². The van der Waals surface area contributed by atoms with Crippen molar-refractivity contribution in [3.8, 4) is 45.9 Å². The molecule has 5 aromatic heterocycles. The van der Waals surface area contributed by atoms with Gasteiger partial charge < -0.3 is 0 Å². The average molecular weight is 601 g/mol. The van der Waals surface area contributed by atoms with Gasteiger partial charge in [-0.15, -0.1) is 0 Å². The van der Waals surface area contributed by atoms with E-state index in [1.54, 1.807) is 0 Å². The second kappa shape index (κ2) is 10.7. The highest BCUT2D eigenvalue weighted by atomic mass is 15.1. The van der Waals surface area contributed by atoms with Crippen LogP contribution >= 0.6 is 0 Å². The van der Waals surface area contributed by atoms with E-state index in [0.29, 0.717) is 5.56 Å². The van der Waals surface area contributed by atoms with Gasteiger partial charge in [0.1, 0.15) is 11.9 Å². The summed E-state index contributed by atoms with van der Waals surface area (Å²) in [6.07, 6.45) is 3.73. The van der Waals surface area contributed by atoms with E-state index in [0.717, 1.165) is 83.2 Å². The number of nitriles is 1. The molecule has 0 aliphatic rings. The number of hydrogen-bond donors (Lipinski definition) is 0. The van der Waals surface area contributed by atoms with Gasteiger partial charge in [-0.05, 0) is 59.3 Å². The van der Waals surface area contributed by atoms with Crippen LogP contribution in [0.4, 0.5) is 0 Å². The van der Waals surface area contributed by atoms with Crippen molar-refractivity contribution in [1.82, 2.24) is 24.5 Å². The van der Waals surface area contributed by atoms with Crippen LogP contribution in [0, 0.1) is 11.3 Å². The van der Waals surface area contributed by atoms with Gasteiger partial charge in [-0.1, -0.05) is 84.9 Å². The predicted molar refractivity (Wildman–Crippen MR) is 188 cm³/mol. The Balaban J connectivity index is 1.17. The predicted octanol–water partition coefficient (Wildman–Crippen LogP) is 9.54. The lowest BCUT2D eigenvalue weighted by Gasteiger charge is -2.14. The third-order valence-corrected chi connectivity index (χ3v) is 8.76. The van der Waals surface area contributed by atoms with Crippen LogP contribution in [0.1, 0.15) is 5.56 Å². The Bertz CT molecular complexity index is 2610. The molecular formula is C41H24N6. The van der Waals surface area contributed by atoms with E-state index in [1.807, 2.05) is 122 Å². The van der Waals surface area contributed by atoms with Crippen LogP contribution in [-0.4, -0.2) is 24.5 Å². The number of para-hydroxylation sites is 1. The molecule has 5 heterocycles. The van der Waals surface area contributed by atoms with Crippen molar-refractivity contribution in [3.05, 3.63) is 151 Å². The van der Waals surface area contributed by atoms with E-state index in [9.17, 15) is 5.26 Å². The third kappa shape index (κ3) is 4.26. The second-order valence-corrected chi connectivity index (χ2v) is 11.4. The van der Waals surface area contributed by atoms with Gasteiger partial charge >= 0.3 is 0 Å². The number of fused-ring (bicyclic) bond motifs is 5. The molecule has 6 heteroatoms. The molecule has 0 bridgehead atoms. The normalized spacial score (nSPS) is 11.4. The number of pyridine rings is 4. The smallest absolute Gasteiger partial charge is 0.138 e. The molecule has 0 saturated heterocycles. The fourth-order valence-corrected chi connectivity index (χ4v) is 6.71. The zero-order valence-electron chi connectivity index (χ0n) is 25.0. The van der Waals surface area contributed by atoms with Gasteiger partial charge in [0.2, 0.25) is 0 Å². The molecule has 0 aliphatic heterocycles. The Labute approximate surface area is 269 Å². The third-order valence-electron chi connectivity index (χ3n) is 8.76. The van der Waals surface area contributed by atoms with Gasteiger partial charge in [0.15, 0.2) is 0 Å². The number of hydrogen-bond acceptors (Lipinski definition) is 5. The number of nitrogens with zero attached hydrogens (tertiary/aromatic N) is 6. The van der Waals surface area contributed by atoms with Crippen LogP contribution < -0.4 is 0 Å². The molecule has 47 heavy (non-hydrogen) atoms. The van der Waals surface area contributed by atoms with Crippen molar-refractivity contribution in [2.75, 3.05) is 0 Å². The molecule has 0 saturated carbocycles. The van der Waals surface area contributed by atoms with E-state index in [-0.39, 0.29) is 0 Å². The minimum Gasteiger partial charge on any atom is -0.294 e. The minimum absolute atomic E-state index is 0.678. The van der Waals surface area contributed by atoms with E-state index in [1.165, 1.54) is 0 Å². The van der Waals surface area contributed by atoms with E-state index < -0.39 is 0 Å². The van der Waals surface area contributed by atoms with Crippen LogP contribution in [0.2, 0.25) is 0 Å². The molecule has 0 atom stereocenters. The topological polar surface area (TPSA) is 80.3 Å². The van der Waals surface area contributed by atoms with Crippen LogP contribution in [0.15, 0.2) is 146 Å². The molecule has 0 aliphatic carbocycles. The Morgan fingerprint density at radius 2 is 0.957 bits per heavy atom. The van der Waals surface area contributed by atoms with Crippen molar-refractivity contribution in [3.63, 3.8) is 0 Å². The first-order valence-electron chi connectivity index (χ1n) is 15.4. The van der Waals surface area contributed by atoms with Gasteiger partial charge in [-0.25, -0.2) is 15.0 Å². The minimum atomic E-state index is 0.678. The maximum Gasteiger partial charge on any atom is 0.138 e. The van der Waals surface area contributed by atoms with Crippen molar-refractivity contribution in [1.29, 1.82) is 5.26 Å². The molecule has 4 aromatic carbocycles. The molecule has 0 radical (unpaired) electrons. The molecule has 9 rings (SSSR count). The molecule has 9 aromatic rings. The first-order chi connectivity index (χ1) is 23.3. The molecule has 6 nitrogen and oxygen atoms in total. The zero-order valence-corrected chi connectivity index (χ0v) is 25.0. The SMILES string of the molecule is N#Cc1c2ccccc2c(-c2cccc(-c3cccc(-c4cccc(-n5c6ccccc6c6cnccc65)n4)n3)n2)c2ccccc12. The van der Waals surface area contributed by atoms with E-state index in [2.05, 4.69) is 39.9 Å². The lowest BCUT2D eigenvalue weighted by atomic mass is 9.90. The van der Waals surface area contributed by atoms with Crippen molar-refractivity contribution in [2.24, 2.45) is 0 Å². The summed E-state index contributed by atoms with van der Waals surface area (Å²) < 4.78 is 2.18. The van der Waals surface area contributed by atoms with E-state index in [4.69, 9.17) is 15.0 Å². The average Bonchev–Trinajstić information content (AvgIpc) is 3.48. The summed E-state index contributed by atoms with van der Waals surface area (Å²) in [5, 5.41) is 16.1. The van der Waals surface area contributed by atoms with Gasteiger partial charge in [-0.2, -0.15) is 5.26 Å². The zero-order chi connectivity index (χ0) is 31.3. The van der Waals surface area contributed by atoms with Gasteiger partial charge in [0.05, 0.1) is 45.1 Å². The van der Waals surface area contributed by atoms with Crippen LogP contribution in [0.5, 0.6) is 0 Å². The van der Waals surface area contributed by atoms with Crippen molar-refractivity contribution in [2.45, 2.75) is 0 Å². The molecule has 0 N–H and O–H groups in total. The van der Waals surface area contributed by atoms with Crippen LogP contribution in [0.3, 0.4) is 0 Å². The van der Waals surface area contributed by atoms with Crippen molar-refractivity contribution < 1.29 is 0 Å². The largest absolute Gasteiger partial charge is 0.294 e. The summed E-state index contributed by atoms with van der Waals surface area (Å²) >= 11 is 0. The standard InChI is InChI=1S/C41H24N6/c42-24-31-26-10-1-3-13-29(26)41(30-14-4-2-11-27(30)31)37-19-8-17-34(45-37)33-15-7-16-35(44-33)36-18-9-21-40(46-36)47-38-20-6-5-12-28(38)32-25-43-23-22-39(32)47/h1-23,25H. The summed E-state index contributed by atoms with van der Waals surface area (Å²) in [5.74, 6) is 0.812. The fraction of sp³-hybridized carbons (Fsp3) is 0. The fourth-order valence-electron chi connectivity index (χ4n) is 6.71. The Morgan fingerprint density at radius 1 is 0.447 bits per heavy atom. The number of aromatic nitrogens is 5. The number of benzene rings is 4. The highest BCUT2D eigenvalue weighted by Gasteiger charge is 2.17. The highest BCUT2D eigenvalue weighted by molar-refractivity contribution is 6.15. The number of rotatable bonds is 4. The molecule has 0 fully saturated rings. The van der Waals surface area contributed by atoms with Crippen molar-refractivity contribution >= 4 is 43.4 Å². The Hall–Kier alpha value is -6.71. The molecule has 0 spiro atoms. The summed E-state index contributed by atoms with van der Waals surface area (Å²) in [6.45, 7) is 0. The molecule has 0 amide bonds. The summed E-state index contributed by atoms with van der Waals surface area (Å²) in [6, 6.07) is 46.9. The summed E-state index contributed by atoms with van der Waals surface area (Å²) in [5.41, 5.74) is 7.67. The monoisotopic (exact) mass is 600 g/mol. The van der Waals surface area contributed by atoms with Crippen LogP contribution in [0.25, 0.3) is 83.2 Å². The lowest BCUT2D eigenvalue weighted by Crippen LogP contribution is -1.99. The maximum atomic E-state index is 10.1. The Morgan fingerprint density at radius 3 is 1.62 bits per heavy atom. The van der Waals surface area contributed by atoms with Crippen LogP contribution in [-0.2, 0) is 0 Å². The summed E-state index contributed by atoms with van der Waals surface area (Å²) in [4.78, 5) is 19.7. The molecular weight excluding hydrogens is 576 g/mol. The van der Waals surface area contributed by atoms with Gasteiger partial charge in [0, 0.05) is 39.5 Å². The van der Waals surface area contributed by atoms with Gasteiger partial charge in [0.25, 0.3) is 0 Å². The highest BCUT2D eigenvalue weighted by Crippen LogP contribution is 2.39. The first-order valence-corrected chi connectivity index (χ1v) is 15.4. The quantitative estimate of drug-likeness (QED) is 0.188. The van der Waals surface area contributed by atoms with Gasteiger partial charge in [-0.3, -0.25) is 9.55 Å². The molecule has 0 unspecified atom stereocenters. The lowest BCUT2D eigenvalue weighted by molar-refractivity contribution is 1.07. The maximum absolute atomic E-state index is 10.1. The second-order valence-electron chi connectivity index (χ2n) is 11.4. The first kappa shape index (κ1) is 26.7.